The van der Waals surface area contributed by atoms with Gasteiger partial charge in [0.15, 0.2) is 5.82 Å². The molecule has 1 aromatic carbocycles. The number of rotatable bonds is 4. The van der Waals surface area contributed by atoms with Crippen LogP contribution < -0.4 is 5.84 Å². The van der Waals surface area contributed by atoms with Crippen LogP contribution in [0.3, 0.4) is 0 Å². The number of carbonyl (C=O) groups is 1. The Labute approximate surface area is 150 Å². The van der Waals surface area contributed by atoms with Gasteiger partial charge in [0.1, 0.15) is 5.82 Å². The van der Waals surface area contributed by atoms with Gasteiger partial charge in [0, 0.05) is 18.7 Å². The van der Waals surface area contributed by atoms with Crippen molar-refractivity contribution in [3.8, 4) is 11.4 Å². The minimum atomic E-state index is -0.323. The van der Waals surface area contributed by atoms with E-state index in [0.29, 0.717) is 22.5 Å². The number of nitrogens with two attached hydrogens (primary N) is 1. The smallest absolute Gasteiger partial charge is 0.235 e. The zero-order valence-electron chi connectivity index (χ0n) is 14.4. The van der Waals surface area contributed by atoms with Crippen LogP contribution in [0.25, 0.3) is 11.4 Å². The highest BCUT2D eigenvalue weighted by Crippen LogP contribution is 2.27. The molecule has 0 spiro atoms. The number of benzene rings is 1. The molecule has 0 bridgehead atoms. The highest BCUT2D eigenvalue weighted by Gasteiger charge is 2.26. The standard InChI is InChI=1S/C17H22FN5OS/c1-11-7-9-22(10-8-11)16(24)12(2)25-17-21-20-15(23(17)19)13-3-5-14(18)6-4-13/h3-6,11-12H,7-10,19H2,1-2H3. The van der Waals surface area contributed by atoms with E-state index >= 15 is 0 Å². The lowest BCUT2D eigenvalue weighted by atomic mass is 9.99. The lowest BCUT2D eigenvalue weighted by Crippen LogP contribution is -2.41. The fourth-order valence-corrected chi connectivity index (χ4v) is 3.70. The summed E-state index contributed by atoms with van der Waals surface area (Å²) in [5.74, 6) is 6.97. The van der Waals surface area contributed by atoms with E-state index in [4.69, 9.17) is 5.84 Å². The number of aromatic nitrogens is 3. The Balaban J connectivity index is 1.68. The predicted molar refractivity (Wildman–Crippen MR) is 95.9 cm³/mol. The van der Waals surface area contributed by atoms with Crippen molar-refractivity contribution in [2.45, 2.75) is 37.1 Å². The first-order chi connectivity index (χ1) is 12.0. The SMILES string of the molecule is CC1CCN(C(=O)C(C)Sc2nnc(-c3ccc(F)cc3)n2N)CC1. The Morgan fingerprint density at radius 3 is 2.56 bits per heavy atom. The van der Waals surface area contributed by atoms with E-state index in [-0.39, 0.29) is 17.0 Å². The van der Waals surface area contributed by atoms with Crippen LogP contribution in [-0.4, -0.2) is 44.0 Å². The highest BCUT2D eigenvalue weighted by molar-refractivity contribution is 8.00. The highest BCUT2D eigenvalue weighted by atomic mass is 32.2. The zero-order chi connectivity index (χ0) is 18.0. The summed E-state index contributed by atoms with van der Waals surface area (Å²) in [5, 5.41) is 8.32. The van der Waals surface area contributed by atoms with E-state index in [0.717, 1.165) is 25.9 Å². The molecule has 1 amide bonds. The van der Waals surface area contributed by atoms with Crippen LogP contribution in [0.15, 0.2) is 29.4 Å². The Hall–Kier alpha value is -2.09. The molecule has 3 rings (SSSR count). The number of likely N-dealkylation sites (tertiary alicyclic amines) is 1. The van der Waals surface area contributed by atoms with Gasteiger partial charge in [-0.3, -0.25) is 4.79 Å². The lowest BCUT2D eigenvalue weighted by molar-refractivity contribution is -0.131. The largest absolute Gasteiger partial charge is 0.342 e. The average Bonchev–Trinajstić information content (AvgIpc) is 2.96. The minimum Gasteiger partial charge on any atom is -0.342 e. The van der Waals surface area contributed by atoms with Gasteiger partial charge < -0.3 is 10.7 Å². The van der Waals surface area contributed by atoms with Crippen molar-refractivity contribution in [3.63, 3.8) is 0 Å². The molecule has 6 nitrogen and oxygen atoms in total. The number of hydrogen-bond donors (Lipinski definition) is 1. The minimum absolute atomic E-state index is 0.100. The topological polar surface area (TPSA) is 77.0 Å². The molecule has 0 radical (unpaired) electrons. The van der Waals surface area contributed by atoms with Crippen LogP contribution in [0.1, 0.15) is 26.7 Å². The Morgan fingerprint density at radius 2 is 1.92 bits per heavy atom. The first-order valence-corrected chi connectivity index (χ1v) is 9.25. The molecule has 134 valence electrons. The van der Waals surface area contributed by atoms with Gasteiger partial charge in [0.2, 0.25) is 11.1 Å². The first-order valence-electron chi connectivity index (χ1n) is 8.37. The number of nitrogen functional groups attached to an aromatic ring is 1. The van der Waals surface area contributed by atoms with E-state index in [9.17, 15) is 9.18 Å². The van der Waals surface area contributed by atoms with Gasteiger partial charge in [-0.25, -0.2) is 9.07 Å². The van der Waals surface area contributed by atoms with Crippen molar-refractivity contribution in [2.24, 2.45) is 5.92 Å². The first kappa shape index (κ1) is 17.7. The van der Waals surface area contributed by atoms with Crippen LogP contribution >= 0.6 is 11.8 Å². The fourth-order valence-electron chi connectivity index (χ4n) is 2.85. The van der Waals surface area contributed by atoms with Crippen molar-refractivity contribution in [1.29, 1.82) is 0 Å². The normalized spacial score (nSPS) is 16.8. The summed E-state index contributed by atoms with van der Waals surface area (Å²) in [6.07, 6.45) is 2.09. The molecular weight excluding hydrogens is 341 g/mol. The van der Waals surface area contributed by atoms with Crippen molar-refractivity contribution < 1.29 is 9.18 Å². The van der Waals surface area contributed by atoms with Crippen LogP contribution in [-0.2, 0) is 4.79 Å². The van der Waals surface area contributed by atoms with E-state index in [2.05, 4.69) is 17.1 Å². The molecule has 2 aromatic rings. The van der Waals surface area contributed by atoms with Crippen LogP contribution in [0.5, 0.6) is 0 Å². The molecular formula is C17H22FN5OS. The quantitative estimate of drug-likeness (QED) is 0.667. The number of halogens is 1. The molecule has 2 heterocycles. The number of piperidine rings is 1. The third kappa shape index (κ3) is 3.95. The van der Waals surface area contributed by atoms with E-state index in [1.54, 1.807) is 12.1 Å². The molecule has 0 aliphatic carbocycles. The van der Waals surface area contributed by atoms with Crippen LogP contribution in [0.4, 0.5) is 4.39 Å². The summed E-state index contributed by atoms with van der Waals surface area (Å²) in [7, 11) is 0. The van der Waals surface area contributed by atoms with Gasteiger partial charge >= 0.3 is 0 Å². The third-order valence-corrected chi connectivity index (χ3v) is 5.54. The molecule has 1 saturated heterocycles. The summed E-state index contributed by atoms with van der Waals surface area (Å²) >= 11 is 1.29. The lowest BCUT2D eigenvalue weighted by Gasteiger charge is -2.31. The van der Waals surface area contributed by atoms with E-state index in [1.807, 2.05) is 11.8 Å². The average molecular weight is 363 g/mol. The molecule has 1 aromatic heterocycles. The summed E-state index contributed by atoms with van der Waals surface area (Å²) in [4.78, 5) is 14.5. The maximum absolute atomic E-state index is 13.0. The molecule has 8 heteroatoms. The van der Waals surface area contributed by atoms with Crippen molar-refractivity contribution in [2.75, 3.05) is 18.9 Å². The predicted octanol–water partition coefficient (Wildman–Crippen LogP) is 2.54. The number of amides is 1. The maximum atomic E-state index is 13.0. The van der Waals surface area contributed by atoms with E-state index in [1.165, 1.54) is 28.6 Å². The Morgan fingerprint density at radius 1 is 1.28 bits per heavy atom. The number of thioether (sulfide) groups is 1. The molecule has 1 atom stereocenters. The Kier molecular flexibility index (Phi) is 5.27. The fraction of sp³-hybridized carbons (Fsp3) is 0.471. The van der Waals surface area contributed by atoms with Crippen molar-refractivity contribution in [3.05, 3.63) is 30.1 Å². The summed E-state index contributed by atoms with van der Waals surface area (Å²) in [5.41, 5.74) is 0.673. The number of nitrogens with zero attached hydrogens (tertiary/aromatic N) is 4. The number of carbonyl (C=O) groups excluding carboxylic acids is 1. The molecule has 1 fully saturated rings. The van der Waals surface area contributed by atoms with Gasteiger partial charge in [0.05, 0.1) is 5.25 Å². The van der Waals surface area contributed by atoms with Crippen molar-refractivity contribution in [1.82, 2.24) is 19.8 Å². The van der Waals surface area contributed by atoms with Gasteiger partial charge in [-0.15, -0.1) is 10.2 Å². The maximum Gasteiger partial charge on any atom is 0.235 e. The van der Waals surface area contributed by atoms with Gasteiger partial charge in [-0.1, -0.05) is 18.7 Å². The summed E-state index contributed by atoms with van der Waals surface area (Å²) in [6, 6.07) is 5.89. The second-order valence-electron chi connectivity index (χ2n) is 6.45. The number of hydrogen-bond acceptors (Lipinski definition) is 5. The molecule has 1 aliphatic rings. The molecule has 1 aliphatic heterocycles. The van der Waals surface area contributed by atoms with Crippen LogP contribution in [0, 0.1) is 11.7 Å². The monoisotopic (exact) mass is 363 g/mol. The third-order valence-electron chi connectivity index (χ3n) is 4.49. The molecule has 1 unspecified atom stereocenters. The summed E-state index contributed by atoms with van der Waals surface area (Å²) in [6.45, 7) is 5.69. The zero-order valence-corrected chi connectivity index (χ0v) is 15.2. The second-order valence-corrected chi connectivity index (χ2v) is 7.76. The van der Waals surface area contributed by atoms with E-state index < -0.39 is 0 Å². The molecule has 0 saturated carbocycles. The molecule has 25 heavy (non-hydrogen) atoms. The summed E-state index contributed by atoms with van der Waals surface area (Å²) < 4.78 is 14.4. The van der Waals surface area contributed by atoms with Crippen LogP contribution in [0.2, 0.25) is 0 Å². The van der Waals surface area contributed by atoms with Crippen molar-refractivity contribution >= 4 is 17.7 Å². The second kappa shape index (κ2) is 7.43. The molecule has 2 N–H and O–H groups in total. The van der Waals surface area contributed by atoms with Gasteiger partial charge in [0.25, 0.3) is 0 Å². The van der Waals surface area contributed by atoms with Gasteiger partial charge in [-0.05, 0) is 49.9 Å². The van der Waals surface area contributed by atoms with Gasteiger partial charge in [-0.2, -0.15) is 0 Å². The Bertz CT molecular complexity index is 740.